The van der Waals surface area contributed by atoms with Gasteiger partial charge in [-0.25, -0.2) is 0 Å². The zero-order chi connectivity index (χ0) is 31.9. The summed E-state index contributed by atoms with van der Waals surface area (Å²) < 4.78 is 60.5. The number of carbonyl (C=O) groups excluding carboxylic acids is 1. The number of rotatable bonds is 39. The van der Waals surface area contributed by atoms with Crippen molar-refractivity contribution in [3.63, 3.8) is 0 Å². The number of carbonyl (C=O) groups is 1. The second kappa shape index (κ2) is 40.8. The molecule has 0 amide bonds. The summed E-state index contributed by atoms with van der Waals surface area (Å²) in [4.78, 5) is 11.7. The van der Waals surface area contributed by atoms with E-state index in [0.717, 1.165) is 23.9 Å². The predicted octanol–water partition coefficient (Wildman–Crippen LogP) is 3.88. The monoisotopic (exact) mass is 752 g/mol. The van der Waals surface area contributed by atoms with Crippen LogP contribution in [0.4, 0.5) is 0 Å². The van der Waals surface area contributed by atoms with Gasteiger partial charge < -0.3 is 52.1 Å². The lowest BCUT2D eigenvalue weighted by molar-refractivity contribution is -0.145. The Labute approximate surface area is 279 Å². The molecule has 0 aliphatic carbocycles. The fourth-order valence-electron chi connectivity index (χ4n) is 3.47. The fourth-order valence-corrected chi connectivity index (χ4v) is 3.78. The molecule has 0 aliphatic heterocycles. The molecule has 0 saturated heterocycles. The lowest BCUT2D eigenvalue weighted by Crippen LogP contribution is -2.15. The second-order valence-electron chi connectivity index (χ2n) is 9.55. The molecule has 0 aromatic carbocycles. The Balaban J connectivity index is 3.09. The zero-order valence-corrected chi connectivity index (χ0v) is 29.4. The van der Waals surface area contributed by atoms with E-state index in [2.05, 4.69) is 29.5 Å². The number of hydrogen-bond acceptors (Lipinski definition) is 12. The molecule has 12 nitrogen and oxygen atoms in total. The average Bonchev–Trinajstić information content (AvgIpc) is 3.03. The Kier molecular flexibility index (Phi) is 40.6. The fraction of sp³-hybridized carbons (Fsp3) is 0.968. The molecule has 0 bridgehead atoms. The third-order valence-electron chi connectivity index (χ3n) is 5.79. The molecular weight excluding hydrogens is 691 g/mol. The first kappa shape index (κ1) is 43.8. The van der Waals surface area contributed by atoms with Crippen molar-refractivity contribution in [3.8, 4) is 0 Å². The van der Waals surface area contributed by atoms with Gasteiger partial charge in [0.2, 0.25) is 0 Å². The molecule has 44 heavy (non-hydrogen) atoms. The van der Waals surface area contributed by atoms with Crippen LogP contribution in [0.5, 0.6) is 0 Å². The molecule has 0 radical (unpaired) electrons. The van der Waals surface area contributed by atoms with Crippen molar-refractivity contribution < 1.29 is 56.9 Å². The summed E-state index contributed by atoms with van der Waals surface area (Å²) in [5.74, 6) is -0.142. The van der Waals surface area contributed by atoms with E-state index >= 15 is 0 Å². The Hall–Kier alpha value is -0.200. The minimum atomic E-state index is -0.142. The molecule has 0 saturated carbocycles. The summed E-state index contributed by atoms with van der Waals surface area (Å²) in [6, 6.07) is 0. The van der Waals surface area contributed by atoms with Crippen molar-refractivity contribution in [2.24, 2.45) is 0 Å². The van der Waals surface area contributed by atoms with Gasteiger partial charge in [-0.3, -0.25) is 4.79 Å². The third kappa shape index (κ3) is 39.8. The van der Waals surface area contributed by atoms with Crippen molar-refractivity contribution in [2.75, 3.05) is 143 Å². The molecule has 264 valence electrons. The van der Waals surface area contributed by atoms with Crippen LogP contribution in [-0.4, -0.2) is 149 Å². The van der Waals surface area contributed by atoms with Crippen molar-refractivity contribution >= 4 is 28.6 Å². The van der Waals surface area contributed by atoms with Crippen molar-refractivity contribution in [1.82, 2.24) is 0 Å². The number of esters is 1. The standard InChI is InChI=1S/C31H61IO12/c1-2-3-4-5-6-7-8-31(33)44-30-29-43-28-27-42-26-25-41-24-23-40-22-21-39-20-19-38-18-17-37-16-15-36-14-13-35-12-11-34-10-9-32/h2-30H2,1H3. The summed E-state index contributed by atoms with van der Waals surface area (Å²) in [6.45, 7) is 13.0. The largest absolute Gasteiger partial charge is 0.463 e. The van der Waals surface area contributed by atoms with Gasteiger partial charge in [0, 0.05) is 10.8 Å². The SMILES string of the molecule is CCCCCCCCC(=O)OCCOCCOCCOCCOCCOCCOCCOCCOCCOCCOCCI. The summed E-state index contributed by atoms with van der Waals surface area (Å²) in [6.07, 6.45) is 7.44. The Morgan fingerprint density at radius 1 is 0.386 bits per heavy atom. The van der Waals surface area contributed by atoms with Crippen LogP contribution in [0, 0.1) is 0 Å². The Morgan fingerprint density at radius 3 is 0.977 bits per heavy atom. The van der Waals surface area contributed by atoms with Gasteiger partial charge in [0.05, 0.1) is 132 Å². The van der Waals surface area contributed by atoms with Gasteiger partial charge in [-0.1, -0.05) is 61.6 Å². The Bertz CT molecular complexity index is 548. The van der Waals surface area contributed by atoms with Crippen molar-refractivity contribution in [2.45, 2.75) is 51.9 Å². The van der Waals surface area contributed by atoms with E-state index in [4.69, 9.17) is 52.1 Å². The molecule has 0 fully saturated rings. The minimum Gasteiger partial charge on any atom is -0.463 e. The van der Waals surface area contributed by atoms with E-state index in [1.165, 1.54) is 25.7 Å². The van der Waals surface area contributed by atoms with E-state index < -0.39 is 0 Å². The van der Waals surface area contributed by atoms with Gasteiger partial charge in [0.1, 0.15) is 6.61 Å². The highest BCUT2D eigenvalue weighted by Gasteiger charge is 2.02. The second-order valence-corrected chi connectivity index (χ2v) is 10.6. The number of unbranched alkanes of at least 4 members (excludes halogenated alkanes) is 5. The molecule has 0 aliphatic rings. The molecule has 0 spiro atoms. The first-order chi connectivity index (χ1) is 21.8. The molecule has 0 aromatic rings. The lowest BCUT2D eigenvalue weighted by atomic mass is 10.1. The summed E-state index contributed by atoms with van der Waals surface area (Å²) in [7, 11) is 0. The number of ether oxygens (including phenoxy) is 11. The van der Waals surface area contributed by atoms with Crippen LogP contribution in [0.3, 0.4) is 0 Å². The van der Waals surface area contributed by atoms with E-state index in [0.29, 0.717) is 132 Å². The molecule has 13 heteroatoms. The predicted molar refractivity (Wildman–Crippen MR) is 176 cm³/mol. The molecule has 0 atom stereocenters. The third-order valence-corrected chi connectivity index (χ3v) is 6.24. The number of halogens is 1. The normalized spacial score (nSPS) is 11.4. The Morgan fingerprint density at radius 2 is 0.659 bits per heavy atom. The number of alkyl halides is 1. The van der Waals surface area contributed by atoms with Gasteiger partial charge in [-0.15, -0.1) is 0 Å². The molecule has 0 rings (SSSR count). The highest BCUT2D eigenvalue weighted by Crippen LogP contribution is 2.07. The van der Waals surface area contributed by atoms with Crippen LogP contribution < -0.4 is 0 Å². The first-order valence-corrected chi connectivity index (χ1v) is 17.8. The van der Waals surface area contributed by atoms with E-state index in [1.54, 1.807) is 0 Å². The smallest absolute Gasteiger partial charge is 0.305 e. The quantitative estimate of drug-likeness (QED) is 0.0393. The first-order valence-electron chi connectivity index (χ1n) is 16.3. The van der Waals surface area contributed by atoms with Gasteiger partial charge in [0.15, 0.2) is 0 Å². The van der Waals surface area contributed by atoms with Crippen LogP contribution in [0.15, 0.2) is 0 Å². The molecule has 0 aromatic heterocycles. The van der Waals surface area contributed by atoms with Crippen LogP contribution in [0.2, 0.25) is 0 Å². The van der Waals surface area contributed by atoms with Crippen LogP contribution in [-0.2, 0) is 56.9 Å². The van der Waals surface area contributed by atoms with Gasteiger partial charge >= 0.3 is 5.97 Å². The highest BCUT2D eigenvalue weighted by molar-refractivity contribution is 14.1. The summed E-state index contributed by atoms with van der Waals surface area (Å²) in [5, 5.41) is 0. The minimum absolute atomic E-state index is 0.142. The van der Waals surface area contributed by atoms with E-state index in [9.17, 15) is 4.79 Å². The molecule has 0 heterocycles. The van der Waals surface area contributed by atoms with Crippen molar-refractivity contribution in [1.29, 1.82) is 0 Å². The molecule has 0 N–H and O–H groups in total. The van der Waals surface area contributed by atoms with Crippen LogP contribution in [0.25, 0.3) is 0 Å². The maximum absolute atomic E-state index is 11.7. The average molecular weight is 753 g/mol. The van der Waals surface area contributed by atoms with Gasteiger partial charge in [-0.2, -0.15) is 0 Å². The topological polar surface area (TPSA) is 119 Å². The molecule has 0 unspecified atom stereocenters. The summed E-state index contributed by atoms with van der Waals surface area (Å²) in [5.41, 5.74) is 0. The van der Waals surface area contributed by atoms with E-state index in [1.807, 2.05) is 0 Å². The maximum atomic E-state index is 11.7. The maximum Gasteiger partial charge on any atom is 0.305 e. The van der Waals surface area contributed by atoms with Crippen LogP contribution >= 0.6 is 22.6 Å². The van der Waals surface area contributed by atoms with Crippen LogP contribution in [0.1, 0.15) is 51.9 Å². The van der Waals surface area contributed by atoms with Gasteiger partial charge in [0.25, 0.3) is 0 Å². The summed E-state index contributed by atoms with van der Waals surface area (Å²) >= 11 is 2.28. The number of hydrogen-bond donors (Lipinski definition) is 0. The highest BCUT2D eigenvalue weighted by atomic mass is 127. The van der Waals surface area contributed by atoms with Crippen molar-refractivity contribution in [3.05, 3.63) is 0 Å². The van der Waals surface area contributed by atoms with E-state index in [-0.39, 0.29) is 12.6 Å². The molecular formula is C31H61IO12. The zero-order valence-electron chi connectivity index (χ0n) is 27.3. The lowest BCUT2D eigenvalue weighted by Gasteiger charge is -2.09. The van der Waals surface area contributed by atoms with Gasteiger partial charge in [-0.05, 0) is 6.42 Å².